The molecular weight excluding hydrogens is 248 g/mol. The topological polar surface area (TPSA) is 41.1 Å². The third kappa shape index (κ3) is 3.21. The van der Waals surface area contributed by atoms with Crippen LogP contribution in [0.2, 0.25) is 0 Å². The molecule has 1 saturated heterocycles. The van der Waals surface area contributed by atoms with Gasteiger partial charge in [-0.05, 0) is 55.8 Å². The van der Waals surface area contributed by atoms with Gasteiger partial charge in [0.2, 0.25) is 5.91 Å². The minimum atomic E-state index is -0.00646. The molecule has 3 rings (SSSR count). The molecule has 3 heteroatoms. The number of anilines is 1. The van der Waals surface area contributed by atoms with Crippen molar-refractivity contribution in [2.24, 2.45) is 0 Å². The molecule has 1 aromatic rings. The van der Waals surface area contributed by atoms with Crippen LogP contribution in [0.5, 0.6) is 0 Å². The number of carbonyl (C=O) groups is 1. The zero-order valence-corrected chi connectivity index (χ0v) is 12.0. The first-order valence-electron chi connectivity index (χ1n) is 7.97. The summed E-state index contributed by atoms with van der Waals surface area (Å²) in [4.78, 5) is 12.0. The highest BCUT2D eigenvalue weighted by Gasteiger charge is 2.22. The molecule has 1 saturated carbocycles. The summed E-state index contributed by atoms with van der Waals surface area (Å²) in [6.45, 7) is 0.957. The van der Waals surface area contributed by atoms with Gasteiger partial charge in [-0.1, -0.05) is 31.4 Å². The van der Waals surface area contributed by atoms with Crippen molar-refractivity contribution in [3.63, 3.8) is 0 Å². The Bertz CT molecular complexity index is 443. The van der Waals surface area contributed by atoms with Gasteiger partial charge in [0.15, 0.2) is 0 Å². The number of amides is 1. The van der Waals surface area contributed by atoms with Crippen molar-refractivity contribution in [1.82, 2.24) is 5.32 Å². The van der Waals surface area contributed by atoms with Gasteiger partial charge in [-0.25, -0.2) is 0 Å². The largest absolute Gasteiger partial charge is 0.325 e. The summed E-state index contributed by atoms with van der Waals surface area (Å²) < 4.78 is 0. The van der Waals surface area contributed by atoms with Gasteiger partial charge >= 0.3 is 0 Å². The van der Waals surface area contributed by atoms with Gasteiger partial charge in [-0.15, -0.1) is 0 Å². The Balaban J connectivity index is 1.59. The Morgan fingerprint density at radius 3 is 2.40 bits per heavy atom. The van der Waals surface area contributed by atoms with Crippen LogP contribution in [0.3, 0.4) is 0 Å². The number of benzene rings is 1. The predicted molar refractivity (Wildman–Crippen MR) is 81.9 cm³/mol. The zero-order valence-electron chi connectivity index (χ0n) is 12.0. The van der Waals surface area contributed by atoms with E-state index >= 15 is 0 Å². The second kappa shape index (κ2) is 6.40. The standard InChI is InChI=1S/C17H24N2O/c20-17(16-7-4-12-18-16)19-15-10-8-14(9-11-15)13-5-2-1-3-6-13/h8-11,13,16,18H,1-7,12H2,(H,19,20). The fraction of sp³-hybridized carbons (Fsp3) is 0.588. The van der Waals surface area contributed by atoms with Gasteiger partial charge in [-0.3, -0.25) is 4.79 Å². The van der Waals surface area contributed by atoms with Crippen molar-refractivity contribution >= 4 is 11.6 Å². The van der Waals surface area contributed by atoms with Gasteiger partial charge in [0.25, 0.3) is 0 Å². The molecule has 0 bridgehead atoms. The zero-order chi connectivity index (χ0) is 13.8. The lowest BCUT2D eigenvalue weighted by Gasteiger charge is -2.22. The van der Waals surface area contributed by atoms with E-state index in [1.807, 2.05) is 0 Å². The maximum Gasteiger partial charge on any atom is 0.241 e. The Morgan fingerprint density at radius 1 is 1.00 bits per heavy atom. The molecule has 1 aromatic carbocycles. The van der Waals surface area contributed by atoms with E-state index in [2.05, 4.69) is 34.9 Å². The highest BCUT2D eigenvalue weighted by atomic mass is 16.2. The Kier molecular flexibility index (Phi) is 4.36. The highest BCUT2D eigenvalue weighted by Crippen LogP contribution is 2.32. The van der Waals surface area contributed by atoms with E-state index in [9.17, 15) is 4.79 Å². The van der Waals surface area contributed by atoms with Gasteiger partial charge < -0.3 is 10.6 Å². The molecule has 1 unspecified atom stereocenters. The number of carbonyl (C=O) groups excluding carboxylic acids is 1. The Labute approximate surface area is 121 Å². The lowest BCUT2D eigenvalue weighted by Crippen LogP contribution is -2.35. The first-order chi connectivity index (χ1) is 9.83. The third-order valence-electron chi connectivity index (χ3n) is 4.63. The van der Waals surface area contributed by atoms with Crippen LogP contribution in [-0.4, -0.2) is 18.5 Å². The van der Waals surface area contributed by atoms with Crippen LogP contribution < -0.4 is 10.6 Å². The van der Waals surface area contributed by atoms with Crippen LogP contribution in [0.1, 0.15) is 56.4 Å². The number of hydrogen-bond donors (Lipinski definition) is 2. The molecule has 0 radical (unpaired) electrons. The normalized spacial score (nSPS) is 23.7. The quantitative estimate of drug-likeness (QED) is 0.885. The molecule has 1 aliphatic carbocycles. The molecule has 1 aliphatic heterocycles. The van der Waals surface area contributed by atoms with E-state index in [1.165, 1.54) is 37.7 Å². The summed E-state index contributed by atoms with van der Waals surface area (Å²) in [6.07, 6.45) is 8.78. The maximum atomic E-state index is 12.0. The van der Waals surface area contributed by atoms with Gasteiger partial charge in [-0.2, -0.15) is 0 Å². The monoisotopic (exact) mass is 272 g/mol. The molecule has 1 atom stereocenters. The second-order valence-corrected chi connectivity index (χ2v) is 6.10. The molecule has 20 heavy (non-hydrogen) atoms. The average Bonchev–Trinajstić information content (AvgIpc) is 3.03. The molecule has 2 aliphatic rings. The molecule has 0 aromatic heterocycles. The molecule has 2 fully saturated rings. The smallest absolute Gasteiger partial charge is 0.241 e. The first kappa shape index (κ1) is 13.6. The SMILES string of the molecule is O=C(Nc1ccc(C2CCCCC2)cc1)C1CCCN1. The Morgan fingerprint density at radius 2 is 1.75 bits per heavy atom. The van der Waals surface area contributed by atoms with E-state index in [0.717, 1.165) is 31.0 Å². The highest BCUT2D eigenvalue weighted by molar-refractivity contribution is 5.95. The van der Waals surface area contributed by atoms with E-state index in [4.69, 9.17) is 0 Å². The molecule has 3 nitrogen and oxygen atoms in total. The second-order valence-electron chi connectivity index (χ2n) is 6.10. The van der Waals surface area contributed by atoms with Crippen molar-refractivity contribution in [2.75, 3.05) is 11.9 Å². The summed E-state index contributed by atoms with van der Waals surface area (Å²) in [5.41, 5.74) is 2.35. The van der Waals surface area contributed by atoms with Crippen molar-refractivity contribution in [1.29, 1.82) is 0 Å². The number of rotatable bonds is 3. The summed E-state index contributed by atoms with van der Waals surface area (Å²) in [5.74, 6) is 0.831. The van der Waals surface area contributed by atoms with Gasteiger partial charge in [0.05, 0.1) is 6.04 Å². The Hall–Kier alpha value is -1.35. The molecule has 1 amide bonds. The summed E-state index contributed by atoms with van der Waals surface area (Å²) in [6, 6.07) is 8.47. The fourth-order valence-electron chi connectivity index (χ4n) is 3.41. The van der Waals surface area contributed by atoms with Crippen LogP contribution in [-0.2, 0) is 4.79 Å². The molecule has 2 N–H and O–H groups in total. The number of hydrogen-bond acceptors (Lipinski definition) is 2. The van der Waals surface area contributed by atoms with Crippen LogP contribution in [0.25, 0.3) is 0 Å². The van der Waals surface area contributed by atoms with E-state index in [1.54, 1.807) is 0 Å². The average molecular weight is 272 g/mol. The summed E-state index contributed by atoms with van der Waals surface area (Å²) in [5, 5.41) is 6.24. The van der Waals surface area contributed by atoms with Crippen molar-refractivity contribution < 1.29 is 4.79 Å². The third-order valence-corrected chi connectivity index (χ3v) is 4.63. The molecule has 1 heterocycles. The maximum absolute atomic E-state index is 12.0. The van der Waals surface area contributed by atoms with E-state index < -0.39 is 0 Å². The minimum absolute atomic E-state index is 0.00646. The van der Waals surface area contributed by atoms with Crippen molar-refractivity contribution in [3.8, 4) is 0 Å². The van der Waals surface area contributed by atoms with Gasteiger partial charge in [0.1, 0.15) is 0 Å². The van der Waals surface area contributed by atoms with Gasteiger partial charge in [0, 0.05) is 5.69 Å². The fourth-order valence-corrected chi connectivity index (χ4v) is 3.41. The molecular formula is C17H24N2O. The van der Waals surface area contributed by atoms with E-state index in [0.29, 0.717) is 0 Å². The molecule has 108 valence electrons. The van der Waals surface area contributed by atoms with Crippen LogP contribution in [0.4, 0.5) is 5.69 Å². The van der Waals surface area contributed by atoms with Crippen molar-refractivity contribution in [3.05, 3.63) is 29.8 Å². The van der Waals surface area contributed by atoms with Crippen LogP contribution in [0, 0.1) is 0 Å². The van der Waals surface area contributed by atoms with E-state index in [-0.39, 0.29) is 11.9 Å². The first-order valence-corrected chi connectivity index (χ1v) is 7.97. The predicted octanol–water partition coefficient (Wildman–Crippen LogP) is 3.42. The summed E-state index contributed by atoms with van der Waals surface area (Å²) in [7, 11) is 0. The van der Waals surface area contributed by atoms with Crippen molar-refractivity contribution in [2.45, 2.75) is 56.9 Å². The van der Waals surface area contributed by atoms with Crippen LogP contribution >= 0.6 is 0 Å². The summed E-state index contributed by atoms with van der Waals surface area (Å²) >= 11 is 0. The van der Waals surface area contributed by atoms with Crippen LogP contribution in [0.15, 0.2) is 24.3 Å². The number of nitrogens with one attached hydrogen (secondary N) is 2. The lowest BCUT2D eigenvalue weighted by atomic mass is 9.84. The molecule has 0 spiro atoms. The lowest BCUT2D eigenvalue weighted by molar-refractivity contribution is -0.117. The minimum Gasteiger partial charge on any atom is -0.325 e.